The second kappa shape index (κ2) is 6.70. The highest BCUT2D eigenvalue weighted by Crippen LogP contribution is 2.32. The number of carbonyl (C=O) groups is 1. The third-order valence-electron chi connectivity index (χ3n) is 3.92. The van der Waals surface area contributed by atoms with Gasteiger partial charge in [-0.1, -0.05) is 56.3 Å². The molecule has 0 aromatic heterocycles. The highest BCUT2D eigenvalue weighted by Gasteiger charge is 2.56. The zero-order valence-electron chi connectivity index (χ0n) is 14.7. The second-order valence-electron chi connectivity index (χ2n) is 6.82. The first-order valence-electron chi connectivity index (χ1n) is 7.73. The Morgan fingerprint density at radius 1 is 1.38 bits per heavy atom. The molecule has 2 rings (SSSR count). The summed E-state index contributed by atoms with van der Waals surface area (Å²) in [4.78, 5) is 18.0. The number of likely N-dealkylation sites (N-methyl/N-ethyl adjacent to an activating group) is 1. The Balaban J connectivity index is 2.28. The van der Waals surface area contributed by atoms with E-state index >= 15 is 0 Å². The van der Waals surface area contributed by atoms with E-state index in [-0.39, 0.29) is 6.61 Å². The number of hydrogen-bond donors (Lipinski definition) is 2. The van der Waals surface area contributed by atoms with Gasteiger partial charge in [0.1, 0.15) is 6.61 Å². The van der Waals surface area contributed by atoms with Gasteiger partial charge in [0.05, 0.1) is 11.4 Å². The molecular formula is C17H24N4O3. The highest BCUT2D eigenvalue weighted by molar-refractivity contribution is 6.34. The molecule has 2 N–H and O–H groups in total. The molecule has 0 saturated carbocycles. The summed E-state index contributed by atoms with van der Waals surface area (Å²) in [5, 5.41) is 19.4. The first-order valence-corrected chi connectivity index (χ1v) is 7.73. The Hall–Kier alpha value is -2.25. The van der Waals surface area contributed by atoms with E-state index in [0.29, 0.717) is 11.4 Å². The molecule has 0 spiro atoms. The Morgan fingerprint density at radius 3 is 2.54 bits per heavy atom. The van der Waals surface area contributed by atoms with Gasteiger partial charge in [-0.3, -0.25) is 4.79 Å². The minimum Gasteiger partial charge on any atom is -0.391 e. The summed E-state index contributed by atoms with van der Waals surface area (Å²) in [5.41, 5.74) is 1.90. The predicted octanol–water partition coefficient (Wildman–Crippen LogP) is 2.17. The topological polar surface area (TPSA) is 86.5 Å². The van der Waals surface area contributed by atoms with Gasteiger partial charge < -0.3 is 10.0 Å². The van der Waals surface area contributed by atoms with Gasteiger partial charge in [-0.2, -0.15) is 10.6 Å². The van der Waals surface area contributed by atoms with Crippen molar-refractivity contribution < 1.29 is 14.8 Å². The maximum atomic E-state index is 12.6. The fourth-order valence-corrected chi connectivity index (χ4v) is 2.68. The molecule has 130 valence electrons. The fraction of sp³-hybridized carbons (Fsp3) is 0.471. The average molecular weight is 332 g/mol. The SMILES string of the molecule is CC(=NOCc1ccccc1)C1(NO)C(=O)N(C)N=C1C(C)(C)C. The number of benzene rings is 1. The molecule has 1 aliphatic rings. The fourth-order valence-electron chi connectivity index (χ4n) is 2.68. The Kier molecular flexibility index (Phi) is 5.05. The molecule has 7 heteroatoms. The van der Waals surface area contributed by atoms with Crippen LogP contribution < -0.4 is 5.48 Å². The van der Waals surface area contributed by atoms with Crippen molar-refractivity contribution >= 4 is 17.3 Å². The van der Waals surface area contributed by atoms with Crippen LogP contribution in [0.4, 0.5) is 0 Å². The normalized spacial score (nSPS) is 21.9. The first kappa shape index (κ1) is 18.1. The standard InChI is InChI=1S/C17H24N4O3/c1-12(19-24-11-13-9-7-6-8-10-13)17(20-23)14(16(2,3)4)18-21(5)15(17)22/h6-10,20,23H,11H2,1-5H3. The van der Waals surface area contributed by atoms with Crippen LogP contribution in [0.5, 0.6) is 0 Å². The van der Waals surface area contributed by atoms with Crippen LogP contribution in [0.15, 0.2) is 40.6 Å². The van der Waals surface area contributed by atoms with Crippen LogP contribution in [0.2, 0.25) is 0 Å². The summed E-state index contributed by atoms with van der Waals surface area (Å²) < 4.78 is 0. The maximum Gasteiger partial charge on any atom is 0.276 e. The van der Waals surface area contributed by atoms with E-state index in [1.54, 1.807) is 14.0 Å². The monoisotopic (exact) mass is 332 g/mol. The Labute approximate surface area is 141 Å². The molecule has 1 heterocycles. The molecule has 1 unspecified atom stereocenters. The third-order valence-corrected chi connectivity index (χ3v) is 3.92. The van der Waals surface area contributed by atoms with E-state index < -0.39 is 16.9 Å². The van der Waals surface area contributed by atoms with E-state index in [1.165, 1.54) is 5.01 Å². The maximum absolute atomic E-state index is 12.6. The lowest BCUT2D eigenvalue weighted by Crippen LogP contribution is -2.63. The number of amides is 1. The molecule has 0 aliphatic carbocycles. The number of hydrazone groups is 1. The van der Waals surface area contributed by atoms with Crippen molar-refractivity contribution in [2.75, 3.05) is 7.05 Å². The van der Waals surface area contributed by atoms with E-state index in [2.05, 4.69) is 15.7 Å². The molecule has 7 nitrogen and oxygen atoms in total. The molecule has 0 bridgehead atoms. The lowest BCUT2D eigenvalue weighted by atomic mass is 9.75. The number of hydrogen-bond acceptors (Lipinski definition) is 6. The highest BCUT2D eigenvalue weighted by atomic mass is 16.6. The lowest BCUT2D eigenvalue weighted by Gasteiger charge is -2.32. The molecule has 0 radical (unpaired) electrons. The summed E-state index contributed by atoms with van der Waals surface area (Å²) in [6.07, 6.45) is 0. The van der Waals surface area contributed by atoms with Crippen molar-refractivity contribution in [1.82, 2.24) is 10.5 Å². The smallest absolute Gasteiger partial charge is 0.276 e. The average Bonchev–Trinajstić information content (AvgIpc) is 2.81. The van der Waals surface area contributed by atoms with Crippen LogP contribution >= 0.6 is 0 Å². The van der Waals surface area contributed by atoms with Crippen LogP contribution in [0.1, 0.15) is 33.3 Å². The predicted molar refractivity (Wildman–Crippen MR) is 91.7 cm³/mol. The number of oxime groups is 1. The number of rotatable bonds is 5. The van der Waals surface area contributed by atoms with Crippen molar-refractivity contribution in [1.29, 1.82) is 0 Å². The van der Waals surface area contributed by atoms with Crippen LogP contribution in [0, 0.1) is 5.41 Å². The Morgan fingerprint density at radius 2 is 2.00 bits per heavy atom. The van der Waals surface area contributed by atoms with Crippen LogP contribution in [0.25, 0.3) is 0 Å². The number of nitrogens with zero attached hydrogens (tertiary/aromatic N) is 3. The molecule has 24 heavy (non-hydrogen) atoms. The summed E-state index contributed by atoms with van der Waals surface area (Å²) in [7, 11) is 1.55. The van der Waals surface area contributed by atoms with Crippen molar-refractivity contribution in [3.63, 3.8) is 0 Å². The number of nitrogens with one attached hydrogen (secondary N) is 1. The van der Waals surface area contributed by atoms with Crippen molar-refractivity contribution in [3.05, 3.63) is 35.9 Å². The van der Waals surface area contributed by atoms with E-state index in [1.807, 2.05) is 51.1 Å². The minimum absolute atomic E-state index is 0.270. The van der Waals surface area contributed by atoms with Gasteiger partial charge in [-0.05, 0) is 12.5 Å². The first-order chi connectivity index (χ1) is 11.2. The minimum atomic E-state index is -1.51. The molecule has 0 saturated heterocycles. The summed E-state index contributed by atoms with van der Waals surface area (Å²) in [5.74, 6) is -0.403. The van der Waals surface area contributed by atoms with Gasteiger partial charge in [0.25, 0.3) is 5.91 Å². The lowest BCUT2D eigenvalue weighted by molar-refractivity contribution is -0.133. The van der Waals surface area contributed by atoms with Gasteiger partial charge in [0.2, 0.25) is 5.54 Å². The van der Waals surface area contributed by atoms with Gasteiger partial charge in [0.15, 0.2) is 0 Å². The zero-order chi connectivity index (χ0) is 18.0. The second-order valence-corrected chi connectivity index (χ2v) is 6.82. The van der Waals surface area contributed by atoms with Gasteiger partial charge >= 0.3 is 0 Å². The van der Waals surface area contributed by atoms with Gasteiger partial charge in [0, 0.05) is 12.5 Å². The van der Waals surface area contributed by atoms with Crippen LogP contribution in [-0.4, -0.2) is 40.1 Å². The molecule has 1 aliphatic heterocycles. The molecule has 1 aromatic carbocycles. The van der Waals surface area contributed by atoms with Crippen LogP contribution in [-0.2, 0) is 16.2 Å². The summed E-state index contributed by atoms with van der Waals surface area (Å²) in [6.45, 7) is 7.66. The van der Waals surface area contributed by atoms with Gasteiger partial charge in [-0.25, -0.2) is 5.01 Å². The molecule has 0 fully saturated rings. The van der Waals surface area contributed by atoms with Crippen molar-refractivity contribution in [2.45, 2.75) is 39.8 Å². The van der Waals surface area contributed by atoms with E-state index in [4.69, 9.17) is 4.84 Å². The van der Waals surface area contributed by atoms with Crippen molar-refractivity contribution in [2.24, 2.45) is 15.7 Å². The summed E-state index contributed by atoms with van der Waals surface area (Å²) in [6, 6.07) is 9.57. The Bertz CT molecular complexity index is 664. The van der Waals surface area contributed by atoms with Crippen molar-refractivity contribution in [3.8, 4) is 0 Å². The third kappa shape index (κ3) is 3.18. The van der Waals surface area contributed by atoms with Crippen LogP contribution in [0.3, 0.4) is 0 Å². The summed E-state index contributed by atoms with van der Waals surface area (Å²) >= 11 is 0. The quantitative estimate of drug-likeness (QED) is 0.639. The largest absolute Gasteiger partial charge is 0.391 e. The molecular weight excluding hydrogens is 308 g/mol. The number of carbonyl (C=O) groups excluding carboxylic acids is 1. The zero-order valence-corrected chi connectivity index (χ0v) is 14.7. The van der Waals surface area contributed by atoms with E-state index in [0.717, 1.165) is 5.56 Å². The number of hydroxylamine groups is 1. The molecule has 1 aromatic rings. The van der Waals surface area contributed by atoms with E-state index in [9.17, 15) is 10.0 Å². The molecule has 1 atom stereocenters. The molecule has 1 amide bonds. The van der Waals surface area contributed by atoms with Gasteiger partial charge in [-0.15, -0.1) is 0 Å².